The van der Waals surface area contributed by atoms with Crippen molar-refractivity contribution in [1.82, 2.24) is 0 Å². The normalized spacial score (nSPS) is 24.6. The molecular weight excluding hydrogens is 325 g/mol. The number of carbonyl (C=O) groups excluding carboxylic acids is 1. The zero-order chi connectivity index (χ0) is 12.3. The van der Waals surface area contributed by atoms with E-state index in [1.165, 1.54) is 3.57 Å². The monoisotopic (exact) mass is 343 g/mol. The van der Waals surface area contributed by atoms with Crippen molar-refractivity contribution in [2.45, 2.75) is 38.1 Å². The molecule has 0 aromatic heterocycles. The van der Waals surface area contributed by atoms with Crippen molar-refractivity contribution in [3.05, 3.63) is 33.4 Å². The van der Waals surface area contributed by atoms with E-state index in [9.17, 15) is 4.79 Å². The van der Waals surface area contributed by atoms with Crippen LogP contribution in [0.3, 0.4) is 0 Å². The van der Waals surface area contributed by atoms with E-state index in [-0.39, 0.29) is 5.92 Å². The highest BCUT2D eigenvalue weighted by Gasteiger charge is 2.24. The largest absolute Gasteiger partial charge is 0.328 e. The summed E-state index contributed by atoms with van der Waals surface area (Å²) in [6.45, 7) is 0. The molecule has 2 N–H and O–H groups in total. The average Bonchev–Trinajstić information content (AvgIpc) is 2.33. The lowest BCUT2D eigenvalue weighted by molar-refractivity contribution is -0.123. The summed E-state index contributed by atoms with van der Waals surface area (Å²) < 4.78 is 1.21. The maximum Gasteiger partial charge on any atom is 0.140 e. The van der Waals surface area contributed by atoms with Crippen LogP contribution in [-0.4, -0.2) is 11.8 Å². The number of benzene rings is 1. The molecule has 1 fully saturated rings. The molecule has 0 atom stereocenters. The van der Waals surface area contributed by atoms with Gasteiger partial charge in [0, 0.05) is 22.0 Å². The summed E-state index contributed by atoms with van der Waals surface area (Å²) >= 11 is 2.28. The molecule has 0 amide bonds. The van der Waals surface area contributed by atoms with Gasteiger partial charge in [-0.05, 0) is 66.0 Å². The van der Waals surface area contributed by atoms with E-state index in [1.54, 1.807) is 0 Å². The van der Waals surface area contributed by atoms with Crippen LogP contribution in [0.2, 0.25) is 0 Å². The molecule has 0 unspecified atom stereocenters. The average molecular weight is 343 g/mol. The minimum atomic E-state index is 0.245. The highest BCUT2D eigenvalue weighted by molar-refractivity contribution is 14.1. The first-order chi connectivity index (χ1) is 8.15. The molecule has 2 nitrogen and oxygen atoms in total. The summed E-state index contributed by atoms with van der Waals surface area (Å²) in [4.78, 5) is 12.1. The fourth-order valence-corrected chi connectivity index (χ4v) is 2.75. The standard InChI is InChI=1S/C14H18INO/c15-12-5-1-10(2-6-12)9-14(17)11-3-7-13(16)8-4-11/h1-2,5-6,11,13H,3-4,7-9,16H2. The van der Waals surface area contributed by atoms with Crippen LogP contribution in [0.1, 0.15) is 31.2 Å². The summed E-state index contributed by atoms with van der Waals surface area (Å²) in [6, 6.07) is 8.53. The van der Waals surface area contributed by atoms with Crippen LogP contribution >= 0.6 is 22.6 Å². The second-order valence-corrected chi connectivity index (χ2v) is 6.13. The molecule has 17 heavy (non-hydrogen) atoms. The van der Waals surface area contributed by atoms with E-state index in [0.29, 0.717) is 18.2 Å². The van der Waals surface area contributed by atoms with Gasteiger partial charge in [-0.3, -0.25) is 4.79 Å². The first-order valence-electron chi connectivity index (χ1n) is 6.18. The molecule has 0 bridgehead atoms. The van der Waals surface area contributed by atoms with Crippen LogP contribution in [0.15, 0.2) is 24.3 Å². The zero-order valence-corrected chi connectivity index (χ0v) is 12.0. The lowest BCUT2D eigenvalue weighted by Gasteiger charge is -2.24. The van der Waals surface area contributed by atoms with E-state index in [0.717, 1.165) is 31.2 Å². The Balaban J connectivity index is 1.90. The van der Waals surface area contributed by atoms with Crippen LogP contribution in [-0.2, 0) is 11.2 Å². The van der Waals surface area contributed by atoms with E-state index in [2.05, 4.69) is 34.7 Å². The van der Waals surface area contributed by atoms with E-state index < -0.39 is 0 Å². The van der Waals surface area contributed by atoms with Crippen LogP contribution < -0.4 is 5.73 Å². The van der Waals surface area contributed by atoms with Gasteiger partial charge in [0.15, 0.2) is 0 Å². The number of halogens is 1. The number of rotatable bonds is 3. The summed E-state index contributed by atoms with van der Waals surface area (Å²) in [5.74, 6) is 0.632. The maximum atomic E-state index is 12.1. The molecule has 1 aliphatic carbocycles. The van der Waals surface area contributed by atoms with Crippen molar-refractivity contribution in [3.63, 3.8) is 0 Å². The lowest BCUT2D eigenvalue weighted by atomic mass is 9.82. The number of carbonyl (C=O) groups is 1. The van der Waals surface area contributed by atoms with Crippen molar-refractivity contribution in [2.75, 3.05) is 0 Å². The molecule has 1 aromatic rings. The number of ketones is 1. The number of hydrogen-bond acceptors (Lipinski definition) is 2. The number of Topliss-reactive ketones (excluding diaryl/α,β-unsaturated/α-hetero) is 1. The van der Waals surface area contributed by atoms with Crippen molar-refractivity contribution in [1.29, 1.82) is 0 Å². The Bertz CT molecular complexity index is 380. The molecule has 0 spiro atoms. The quantitative estimate of drug-likeness (QED) is 0.858. The van der Waals surface area contributed by atoms with Crippen molar-refractivity contribution in [2.24, 2.45) is 11.7 Å². The van der Waals surface area contributed by atoms with Gasteiger partial charge in [-0.1, -0.05) is 12.1 Å². The molecule has 1 aliphatic rings. The van der Waals surface area contributed by atoms with Gasteiger partial charge in [0.2, 0.25) is 0 Å². The SMILES string of the molecule is NC1CCC(C(=O)Cc2ccc(I)cc2)CC1. The zero-order valence-electron chi connectivity index (χ0n) is 9.86. The number of hydrogen-bond donors (Lipinski definition) is 1. The number of nitrogens with two attached hydrogens (primary N) is 1. The lowest BCUT2D eigenvalue weighted by Crippen LogP contribution is -2.30. The molecule has 1 aromatic carbocycles. The Morgan fingerprint density at radius 1 is 1.18 bits per heavy atom. The fraction of sp³-hybridized carbons (Fsp3) is 0.500. The minimum absolute atomic E-state index is 0.245. The van der Waals surface area contributed by atoms with E-state index in [1.807, 2.05) is 12.1 Å². The van der Waals surface area contributed by atoms with Gasteiger partial charge in [0.05, 0.1) is 0 Å². The van der Waals surface area contributed by atoms with Gasteiger partial charge in [0.1, 0.15) is 5.78 Å². The molecule has 0 aliphatic heterocycles. The van der Waals surface area contributed by atoms with Crippen LogP contribution in [0.4, 0.5) is 0 Å². The Morgan fingerprint density at radius 2 is 1.76 bits per heavy atom. The Kier molecular flexibility index (Phi) is 4.56. The summed E-state index contributed by atoms with van der Waals surface area (Å²) in [5, 5.41) is 0. The first kappa shape index (κ1) is 13.0. The summed E-state index contributed by atoms with van der Waals surface area (Å²) in [7, 11) is 0. The van der Waals surface area contributed by atoms with Gasteiger partial charge >= 0.3 is 0 Å². The van der Waals surface area contributed by atoms with Crippen LogP contribution in [0, 0.1) is 9.49 Å². The maximum absolute atomic E-state index is 12.1. The topological polar surface area (TPSA) is 43.1 Å². The van der Waals surface area contributed by atoms with Gasteiger partial charge in [-0.15, -0.1) is 0 Å². The molecule has 1 saturated carbocycles. The molecule has 0 saturated heterocycles. The molecule has 92 valence electrons. The predicted molar refractivity (Wildman–Crippen MR) is 77.8 cm³/mol. The van der Waals surface area contributed by atoms with Crippen LogP contribution in [0.5, 0.6) is 0 Å². The Hall–Kier alpha value is -0.420. The molecular formula is C14H18INO. The predicted octanol–water partition coefficient (Wildman–Crippen LogP) is 2.92. The van der Waals surface area contributed by atoms with E-state index >= 15 is 0 Å². The molecule has 0 radical (unpaired) electrons. The van der Waals surface area contributed by atoms with E-state index in [4.69, 9.17) is 5.73 Å². The van der Waals surface area contributed by atoms with Crippen LogP contribution in [0.25, 0.3) is 0 Å². The van der Waals surface area contributed by atoms with Crippen molar-refractivity contribution < 1.29 is 4.79 Å². The van der Waals surface area contributed by atoms with Crippen molar-refractivity contribution >= 4 is 28.4 Å². The van der Waals surface area contributed by atoms with Gasteiger partial charge in [-0.2, -0.15) is 0 Å². The molecule has 0 heterocycles. The minimum Gasteiger partial charge on any atom is -0.328 e. The Labute approximate surface area is 116 Å². The van der Waals surface area contributed by atoms with Crippen molar-refractivity contribution in [3.8, 4) is 0 Å². The molecule has 2 rings (SSSR count). The smallest absolute Gasteiger partial charge is 0.140 e. The Morgan fingerprint density at radius 3 is 2.35 bits per heavy atom. The summed E-state index contributed by atoms with van der Waals surface area (Å²) in [6.07, 6.45) is 4.54. The molecule has 3 heteroatoms. The third kappa shape index (κ3) is 3.78. The van der Waals surface area contributed by atoms with Gasteiger partial charge in [-0.25, -0.2) is 0 Å². The second-order valence-electron chi connectivity index (χ2n) is 4.88. The third-order valence-electron chi connectivity index (χ3n) is 3.52. The highest BCUT2D eigenvalue weighted by atomic mass is 127. The fourth-order valence-electron chi connectivity index (χ4n) is 2.39. The summed E-state index contributed by atoms with van der Waals surface area (Å²) in [5.41, 5.74) is 6.98. The third-order valence-corrected chi connectivity index (χ3v) is 4.24. The first-order valence-corrected chi connectivity index (χ1v) is 7.26. The second kappa shape index (κ2) is 5.96. The van der Waals surface area contributed by atoms with Gasteiger partial charge < -0.3 is 5.73 Å². The van der Waals surface area contributed by atoms with Gasteiger partial charge in [0.25, 0.3) is 0 Å². The highest BCUT2D eigenvalue weighted by Crippen LogP contribution is 2.25.